The molecule has 0 atom stereocenters. The molecule has 1 aliphatic heterocycles. The molecule has 3 aromatic rings. The summed E-state index contributed by atoms with van der Waals surface area (Å²) >= 11 is 12.1. The van der Waals surface area contributed by atoms with E-state index in [2.05, 4.69) is 0 Å². The molecule has 0 N–H and O–H groups in total. The number of nitrogens with zero attached hydrogens (tertiary/aromatic N) is 1. The van der Waals surface area contributed by atoms with Gasteiger partial charge in [0.05, 0.1) is 0 Å². The van der Waals surface area contributed by atoms with Crippen LogP contribution in [-0.2, 0) is 16.1 Å². The molecule has 0 bridgehead atoms. The number of hydrogen-bond acceptors (Lipinski definition) is 4. The topological polar surface area (TPSA) is 63.7 Å². The fraction of sp³-hybridized carbons (Fsp3) is 0.174. The van der Waals surface area contributed by atoms with Crippen molar-refractivity contribution in [3.05, 3.63) is 81.3 Å². The molecule has 1 aliphatic rings. The molecule has 4 rings (SSSR count). The Morgan fingerprint density at radius 3 is 2.03 bits per heavy atom. The van der Waals surface area contributed by atoms with Gasteiger partial charge in [0.2, 0.25) is 0 Å². The van der Waals surface area contributed by atoms with Crippen LogP contribution in [0.4, 0.5) is 0 Å². The van der Waals surface area contributed by atoms with Crippen molar-refractivity contribution in [3.8, 4) is 0 Å². The summed E-state index contributed by atoms with van der Waals surface area (Å²) in [5.74, 6) is -1.15. The van der Waals surface area contributed by atoms with Crippen molar-refractivity contribution in [2.75, 3.05) is 6.54 Å². The lowest BCUT2D eigenvalue weighted by molar-refractivity contribution is -0.145. The van der Waals surface area contributed by atoms with Crippen molar-refractivity contribution in [3.63, 3.8) is 0 Å². The van der Waals surface area contributed by atoms with E-state index < -0.39 is 5.97 Å². The molecule has 0 spiro atoms. The largest absolute Gasteiger partial charge is 0.461 e. The summed E-state index contributed by atoms with van der Waals surface area (Å²) in [6.07, 6.45) is 0.357. The molecule has 5 nitrogen and oxygen atoms in total. The van der Waals surface area contributed by atoms with Gasteiger partial charge in [0, 0.05) is 45.1 Å². The van der Waals surface area contributed by atoms with E-state index in [-0.39, 0.29) is 31.4 Å². The van der Waals surface area contributed by atoms with Gasteiger partial charge < -0.3 is 4.74 Å². The maximum absolute atomic E-state index is 12.8. The Morgan fingerprint density at radius 2 is 1.43 bits per heavy atom. The summed E-state index contributed by atoms with van der Waals surface area (Å²) in [6.45, 7) is 0.0959. The van der Waals surface area contributed by atoms with Crippen LogP contribution in [0.5, 0.6) is 0 Å². The van der Waals surface area contributed by atoms with Crippen LogP contribution in [0.15, 0.2) is 54.6 Å². The fourth-order valence-corrected chi connectivity index (χ4v) is 4.07. The number of ether oxygens (including phenoxy) is 1. The van der Waals surface area contributed by atoms with Gasteiger partial charge in [-0.25, -0.2) is 0 Å². The van der Waals surface area contributed by atoms with Gasteiger partial charge in [0.1, 0.15) is 6.61 Å². The van der Waals surface area contributed by atoms with E-state index in [9.17, 15) is 14.4 Å². The van der Waals surface area contributed by atoms with Crippen molar-refractivity contribution in [1.82, 2.24) is 4.90 Å². The lowest BCUT2D eigenvalue weighted by Gasteiger charge is -2.27. The van der Waals surface area contributed by atoms with E-state index in [1.807, 2.05) is 12.1 Å². The second-order valence-electron chi connectivity index (χ2n) is 6.94. The van der Waals surface area contributed by atoms with E-state index in [1.54, 1.807) is 42.5 Å². The molecule has 0 aromatic heterocycles. The zero-order valence-corrected chi connectivity index (χ0v) is 17.4. The molecule has 0 saturated heterocycles. The third-order valence-electron chi connectivity index (χ3n) is 5.06. The van der Waals surface area contributed by atoms with Crippen molar-refractivity contribution >= 4 is 51.8 Å². The molecule has 0 fully saturated rings. The van der Waals surface area contributed by atoms with Crippen molar-refractivity contribution in [2.24, 2.45) is 0 Å². The maximum Gasteiger partial charge on any atom is 0.306 e. The number of carbonyl (C=O) groups is 3. The molecular weight excluding hydrogens is 425 g/mol. The molecule has 7 heteroatoms. The number of imide groups is 1. The number of carbonyl (C=O) groups excluding carboxylic acids is 3. The quantitative estimate of drug-likeness (QED) is 0.386. The van der Waals surface area contributed by atoms with Gasteiger partial charge in [-0.05, 0) is 36.1 Å². The smallest absolute Gasteiger partial charge is 0.306 e. The summed E-state index contributed by atoms with van der Waals surface area (Å²) in [5.41, 5.74) is 1.54. The third-order valence-corrected chi connectivity index (χ3v) is 5.77. The van der Waals surface area contributed by atoms with Gasteiger partial charge in [-0.2, -0.15) is 0 Å². The molecule has 0 saturated carbocycles. The minimum Gasteiger partial charge on any atom is -0.461 e. The maximum atomic E-state index is 12.8. The molecule has 0 radical (unpaired) electrons. The van der Waals surface area contributed by atoms with Crippen LogP contribution in [0.1, 0.15) is 39.1 Å². The number of halogens is 2. The first-order chi connectivity index (χ1) is 14.5. The summed E-state index contributed by atoms with van der Waals surface area (Å²) in [5, 5.41) is 2.38. The summed E-state index contributed by atoms with van der Waals surface area (Å²) in [4.78, 5) is 39.0. The van der Waals surface area contributed by atoms with Gasteiger partial charge in [-0.15, -0.1) is 0 Å². The second kappa shape index (κ2) is 8.46. The van der Waals surface area contributed by atoms with E-state index in [4.69, 9.17) is 27.9 Å². The van der Waals surface area contributed by atoms with Crippen LogP contribution in [0.3, 0.4) is 0 Å². The Bertz CT molecular complexity index is 1100. The van der Waals surface area contributed by atoms with E-state index in [0.717, 1.165) is 5.39 Å². The number of amides is 2. The number of benzene rings is 3. The van der Waals surface area contributed by atoms with E-state index in [0.29, 0.717) is 38.5 Å². The number of hydrogen-bond donors (Lipinski definition) is 0. The first-order valence-electron chi connectivity index (χ1n) is 9.44. The molecule has 1 heterocycles. The van der Waals surface area contributed by atoms with Crippen LogP contribution >= 0.6 is 23.2 Å². The Labute approximate surface area is 183 Å². The van der Waals surface area contributed by atoms with Crippen molar-refractivity contribution < 1.29 is 19.1 Å². The highest BCUT2D eigenvalue weighted by atomic mass is 35.5. The molecule has 0 unspecified atom stereocenters. The Kier molecular flexibility index (Phi) is 5.75. The van der Waals surface area contributed by atoms with Gasteiger partial charge in [-0.3, -0.25) is 19.3 Å². The zero-order chi connectivity index (χ0) is 21.3. The van der Waals surface area contributed by atoms with Crippen LogP contribution in [0.2, 0.25) is 10.0 Å². The highest BCUT2D eigenvalue weighted by Gasteiger charge is 2.32. The average Bonchev–Trinajstić information content (AvgIpc) is 2.74. The predicted molar refractivity (Wildman–Crippen MR) is 115 cm³/mol. The second-order valence-corrected chi connectivity index (χ2v) is 7.75. The Hall–Kier alpha value is -2.89. The molecule has 152 valence electrons. The van der Waals surface area contributed by atoms with E-state index in [1.165, 1.54) is 4.90 Å². The Balaban J connectivity index is 1.38. The lowest BCUT2D eigenvalue weighted by atomic mass is 9.94. The van der Waals surface area contributed by atoms with Crippen LogP contribution in [0.25, 0.3) is 10.8 Å². The highest BCUT2D eigenvalue weighted by molar-refractivity contribution is 6.36. The van der Waals surface area contributed by atoms with Crippen LogP contribution < -0.4 is 0 Å². The fourth-order valence-electron chi connectivity index (χ4n) is 3.56. The third kappa shape index (κ3) is 3.78. The van der Waals surface area contributed by atoms with Gasteiger partial charge in [0.25, 0.3) is 11.8 Å². The van der Waals surface area contributed by atoms with Crippen LogP contribution in [-0.4, -0.2) is 29.2 Å². The normalized spacial score (nSPS) is 13.1. The molecule has 3 aromatic carbocycles. The summed E-state index contributed by atoms with van der Waals surface area (Å²) in [6, 6.07) is 15.8. The highest BCUT2D eigenvalue weighted by Crippen LogP contribution is 2.30. The minimum absolute atomic E-state index is 0.0334. The molecular formula is C23H17Cl2NO4. The first-order valence-corrected chi connectivity index (χ1v) is 10.2. The molecule has 0 aliphatic carbocycles. The van der Waals surface area contributed by atoms with Crippen molar-refractivity contribution in [2.45, 2.75) is 19.4 Å². The van der Waals surface area contributed by atoms with Gasteiger partial charge in [-0.1, -0.05) is 53.5 Å². The average molecular weight is 442 g/mol. The van der Waals surface area contributed by atoms with Gasteiger partial charge in [0.15, 0.2) is 0 Å². The van der Waals surface area contributed by atoms with Gasteiger partial charge >= 0.3 is 5.97 Å². The number of rotatable bonds is 6. The van der Waals surface area contributed by atoms with Crippen LogP contribution in [0, 0.1) is 0 Å². The first kappa shape index (κ1) is 20.4. The van der Waals surface area contributed by atoms with E-state index >= 15 is 0 Å². The van der Waals surface area contributed by atoms with Crippen molar-refractivity contribution in [1.29, 1.82) is 0 Å². The minimum atomic E-state index is -0.453. The standard InChI is InChI=1S/C23H17Cl2NO4/c24-18-9-3-10-19(25)17(18)13-30-20(27)11-4-12-26-22(28)15-7-1-5-14-6-2-8-16(21(14)15)23(26)29/h1-3,5-10H,4,11-13H2. The molecule has 30 heavy (non-hydrogen) atoms. The lowest BCUT2D eigenvalue weighted by Crippen LogP contribution is -2.41. The molecule has 2 amide bonds. The summed E-state index contributed by atoms with van der Waals surface area (Å²) in [7, 11) is 0. The predicted octanol–water partition coefficient (Wildman–Crippen LogP) is 5.27. The SMILES string of the molecule is O=C(CCCN1C(=O)c2cccc3cccc(c23)C1=O)OCc1c(Cl)cccc1Cl. The Morgan fingerprint density at radius 1 is 0.867 bits per heavy atom. The zero-order valence-electron chi connectivity index (χ0n) is 15.9. The number of esters is 1. The summed E-state index contributed by atoms with van der Waals surface area (Å²) < 4.78 is 5.24. The monoisotopic (exact) mass is 441 g/mol.